The summed E-state index contributed by atoms with van der Waals surface area (Å²) < 4.78 is 5.43. The molecule has 0 bridgehead atoms. The average Bonchev–Trinajstić information content (AvgIpc) is 3.09. The highest BCUT2D eigenvalue weighted by atomic mass is 16.5. The van der Waals surface area contributed by atoms with E-state index in [1.807, 2.05) is 12.1 Å². The number of ether oxygens (including phenoxy) is 1. The van der Waals surface area contributed by atoms with E-state index in [9.17, 15) is 0 Å². The number of fused-ring (bicyclic) bond motifs is 1. The van der Waals surface area contributed by atoms with Crippen LogP contribution in [0, 0.1) is 0 Å². The Kier molecular flexibility index (Phi) is 3.79. The maximum Gasteiger partial charge on any atom is 0.228 e. The van der Waals surface area contributed by atoms with Gasteiger partial charge >= 0.3 is 0 Å². The van der Waals surface area contributed by atoms with Crippen LogP contribution in [0.25, 0.3) is 10.9 Å². The standard InChI is InChI=1S/C16H14N8O/c1-25-13-6-11-10(8-21-24-11)5-12(13)22-14-7-15(20-9-19-14)23-16-17-3-2-4-18-16/h2-9H,1H3,(H,21,24)(H2,17,18,19,20,22,23). The summed E-state index contributed by atoms with van der Waals surface area (Å²) in [6.45, 7) is 0. The number of H-pyrrole nitrogens is 1. The van der Waals surface area contributed by atoms with Crippen molar-refractivity contribution in [3.8, 4) is 5.75 Å². The van der Waals surface area contributed by atoms with E-state index in [0.29, 0.717) is 23.3 Å². The zero-order valence-corrected chi connectivity index (χ0v) is 13.3. The predicted molar refractivity (Wildman–Crippen MR) is 93.3 cm³/mol. The Labute approximate surface area is 142 Å². The summed E-state index contributed by atoms with van der Waals surface area (Å²) in [4.78, 5) is 16.6. The van der Waals surface area contributed by atoms with Crippen LogP contribution in [0.2, 0.25) is 0 Å². The van der Waals surface area contributed by atoms with E-state index in [0.717, 1.165) is 16.6 Å². The first-order chi connectivity index (χ1) is 12.3. The fourth-order valence-corrected chi connectivity index (χ4v) is 2.35. The lowest BCUT2D eigenvalue weighted by Gasteiger charge is -2.11. The van der Waals surface area contributed by atoms with Gasteiger partial charge in [-0.25, -0.2) is 19.9 Å². The quantitative estimate of drug-likeness (QED) is 0.510. The fourth-order valence-electron chi connectivity index (χ4n) is 2.35. The van der Waals surface area contributed by atoms with Crippen molar-refractivity contribution < 1.29 is 4.74 Å². The van der Waals surface area contributed by atoms with Gasteiger partial charge in [-0.2, -0.15) is 5.10 Å². The highest BCUT2D eigenvalue weighted by Gasteiger charge is 2.09. The molecule has 0 saturated carbocycles. The van der Waals surface area contributed by atoms with Crippen LogP contribution in [0.1, 0.15) is 0 Å². The van der Waals surface area contributed by atoms with Crippen LogP contribution in [0.15, 0.2) is 49.2 Å². The lowest BCUT2D eigenvalue weighted by molar-refractivity contribution is 0.417. The highest BCUT2D eigenvalue weighted by molar-refractivity contribution is 5.86. The minimum absolute atomic E-state index is 0.463. The summed E-state index contributed by atoms with van der Waals surface area (Å²) in [7, 11) is 1.61. The van der Waals surface area contributed by atoms with Gasteiger partial charge in [0.05, 0.1) is 24.5 Å². The average molecular weight is 334 g/mol. The first-order valence-corrected chi connectivity index (χ1v) is 7.46. The Hall–Kier alpha value is -3.75. The van der Waals surface area contributed by atoms with Gasteiger partial charge in [-0.05, 0) is 12.1 Å². The topological polar surface area (TPSA) is 114 Å². The third kappa shape index (κ3) is 3.15. The van der Waals surface area contributed by atoms with Crippen LogP contribution < -0.4 is 15.4 Å². The minimum atomic E-state index is 0.463. The van der Waals surface area contributed by atoms with Crippen LogP contribution in [0.4, 0.5) is 23.3 Å². The molecule has 9 nitrogen and oxygen atoms in total. The normalized spacial score (nSPS) is 10.6. The van der Waals surface area contributed by atoms with E-state index in [1.54, 1.807) is 37.8 Å². The summed E-state index contributed by atoms with van der Waals surface area (Å²) >= 11 is 0. The van der Waals surface area contributed by atoms with Crippen molar-refractivity contribution in [1.82, 2.24) is 30.1 Å². The zero-order valence-electron chi connectivity index (χ0n) is 13.3. The molecule has 0 radical (unpaired) electrons. The monoisotopic (exact) mass is 334 g/mol. The van der Waals surface area contributed by atoms with E-state index in [4.69, 9.17) is 4.74 Å². The molecule has 1 aromatic carbocycles. The van der Waals surface area contributed by atoms with Crippen molar-refractivity contribution in [3.63, 3.8) is 0 Å². The summed E-state index contributed by atoms with van der Waals surface area (Å²) in [5.74, 6) is 2.32. The molecule has 4 rings (SSSR count). The van der Waals surface area contributed by atoms with Crippen LogP contribution in [-0.2, 0) is 0 Å². The largest absolute Gasteiger partial charge is 0.494 e. The first-order valence-electron chi connectivity index (χ1n) is 7.46. The van der Waals surface area contributed by atoms with Gasteiger partial charge in [-0.3, -0.25) is 5.10 Å². The molecule has 0 amide bonds. The van der Waals surface area contributed by atoms with Crippen molar-refractivity contribution in [2.75, 3.05) is 17.7 Å². The number of benzene rings is 1. The molecule has 4 aromatic rings. The molecule has 0 fully saturated rings. The van der Waals surface area contributed by atoms with Crippen LogP contribution in [0.3, 0.4) is 0 Å². The molecule has 0 atom stereocenters. The summed E-state index contributed by atoms with van der Waals surface area (Å²) in [5, 5.41) is 14.2. The third-order valence-electron chi connectivity index (χ3n) is 3.50. The smallest absolute Gasteiger partial charge is 0.228 e. The minimum Gasteiger partial charge on any atom is -0.494 e. The number of anilines is 4. The highest BCUT2D eigenvalue weighted by Crippen LogP contribution is 2.31. The maximum absolute atomic E-state index is 5.43. The van der Waals surface area contributed by atoms with Gasteiger partial charge in [0.15, 0.2) is 0 Å². The molecule has 124 valence electrons. The van der Waals surface area contributed by atoms with Crippen molar-refractivity contribution in [1.29, 1.82) is 0 Å². The van der Waals surface area contributed by atoms with E-state index >= 15 is 0 Å². The number of hydrogen-bond donors (Lipinski definition) is 3. The van der Waals surface area contributed by atoms with Crippen molar-refractivity contribution >= 4 is 34.2 Å². The van der Waals surface area contributed by atoms with Crippen molar-refractivity contribution in [2.24, 2.45) is 0 Å². The van der Waals surface area contributed by atoms with Crippen molar-refractivity contribution in [2.45, 2.75) is 0 Å². The lowest BCUT2D eigenvalue weighted by Crippen LogP contribution is -2.01. The second-order valence-corrected chi connectivity index (χ2v) is 5.12. The predicted octanol–water partition coefficient (Wildman–Crippen LogP) is 2.64. The molecule has 3 aromatic heterocycles. The molecule has 9 heteroatoms. The zero-order chi connectivity index (χ0) is 17.1. The summed E-state index contributed by atoms with van der Waals surface area (Å²) in [6, 6.07) is 7.32. The Morgan fingerprint density at radius 1 is 0.960 bits per heavy atom. The fraction of sp³-hybridized carbons (Fsp3) is 0.0625. The van der Waals surface area contributed by atoms with Crippen LogP contribution in [-0.4, -0.2) is 37.2 Å². The summed E-state index contributed by atoms with van der Waals surface area (Å²) in [5.41, 5.74) is 1.67. The maximum atomic E-state index is 5.43. The van der Waals surface area contributed by atoms with E-state index in [1.165, 1.54) is 6.33 Å². The van der Waals surface area contributed by atoms with Crippen LogP contribution in [0.5, 0.6) is 5.75 Å². The molecular weight excluding hydrogens is 320 g/mol. The summed E-state index contributed by atoms with van der Waals surface area (Å²) in [6.07, 6.45) is 6.51. The molecule has 3 N–H and O–H groups in total. The van der Waals surface area contributed by atoms with Gasteiger partial charge < -0.3 is 15.4 Å². The number of aromatic amines is 1. The molecular formula is C16H14N8O. The van der Waals surface area contributed by atoms with Gasteiger partial charge in [0, 0.05) is 29.9 Å². The second kappa shape index (κ2) is 6.40. The van der Waals surface area contributed by atoms with Crippen molar-refractivity contribution in [3.05, 3.63) is 49.2 Å². The van der Waals surface area contributed by atoms with E-state index in [-0.39, 0.29) is 0 Å². The SMILES string of the molecule is COc1cc2[nH]ncc2cc1Nc1cc(Nc2ncccn2)ncn1. The number of methoxy groups -OCH3 is 1. The molecule has 0 aliphatic carbocycles. The molecule has 0 aliphatic rings. The van der Waals surface area contributed by atoms with E-state index < -0.39 is 0 Å². The number of hydrogen-bond acceptors (Lipinski definition) is 8. The van der Waals surface area contributed by atoms with E-state index in [2.05, 4.69) is 40.8 Å². The Morgan fingerprint density at radius 2 is 1.76 bits per heavy atom. The Balaban J connectivity index is 1.61. The molecule has 0 spiro atoms. The number of rotatable bonds is 5. The second-order valence-electron chi connectivity index (χ2n) is 5.12. The number of nitrogens with zero attached hydrogens (tertiary/aromatic N) is 5. The molecule has 0 unspecified atom stereocenters. The molecule has 25 heavy (non-hydrogen) atoms. The Bertz CT molecular complexity index is 1000. The van der Waals surface area contributed by atoms with Gasteiger partial charge in [-0.1, -0.05) is 0 Å². The first kappa shape index (κ1) is 14.8. The van der Waals surface area contributed by atoms with Gasteiger partial charge in [-0.15, -0.1) is 0 Å². The molecule has 0 saturated heterocycles. The number of aromatic nitrogens is 6. The Morgan fingerprint density at radius 3 is 2.56 bits per heavy atom. The molecule has 3 heterocycles. The van der Waals surface area contributed by atoms with Gasteiger partial charge in [0.1, 0.15) is 23.7 Å². The van der Waals surface area contributed by atoms with Crippen LogP contribution >= 0.6 is 0 Å². The molecule has 0 aliphatic heterocycles. The third-order valence-corrected chi connectivity index (χ3v) is 3.50. The van der Waals surface area contributed by atoms with Gasteiger partial charge in [0.2, 0.25) is 5.95 Å². The number of nitrogens with one attached hydrogen (secondary N) is 3. The van der Waals surface area contributed by atoms with Gasteiger partial charge in [0.25, 0.3) is 0 Å². The lowest BCUT2D eigenvalue weighted by atomic mass is 10.2.